The molecule has 0 spiro atoms. The average Bonchev–Trinajstić information content (AvgIpc) is 3.03. The molecule has 0 unspecified atom stereocenters. The molecule has 0 aromatic heterocycles. The van der Waals surface area contributed by atoms with E-state index >= 15 is 0 Å². The molecule has 1 aliphatic heterocycles. The molecule has 0 saturated carbocycles. The molecule has 3 rings (SSSR count). The van der Waals surface area contributed by atoms with Crippen molar-refractivity contribution < 1.29 is 13.2 Å². The molecule has 1 saturated heterocycles. The van der Waals surface area contributed by atoms with Crippen molar-refractivity contribution in [3.8, 4) is 0 Å². The molecule has 2 atom stereocenters. The standard InChI is InChI=1S/C18H24O3S/c1-15-9-11-18(12-10-15,14-16-6-5-13-21-16)22(19,20)17-7-3-2-4-8-17/h2-4,7-9,16H,5-6,10-14H2,1H3/t16-,18+/m1/s1. The van der Waals surface area contributed by atoms with E-state index in [0.29, 0.717) is 24.2 Å². The molecule has 0 radical (unpaired) electrons. The lowest BCUT2D eigenvalue weighted by atomic mass is 9.85. The van der Waals surface area contributed by atoms with Gasteiger partial charge in [-0.2, -0.15) is 0 Å². The number of benzene rings is 1. The van der Waals surface area contributed by atoms with Crippen molar-refractivity contribution in [1.29, 1.82) is 0 Å². The Morgan fingerprint density at radius 2 is 2.05 bits per heavy atom. The van der Waals surface area contributed by atoms with E-state index in [9.17, 15) is 8.42 Å². The first-order valence-electron chi connectivity index (χ1n) is 8.10. The SMILES string of the molecule is CC1=CC[C@](C[C@H]2CCCO2)(S(=O)(=O)c2ccccc2)CC1. The second-order valence-electron chi connectivity index (χ2n) is 6.59. The number of allylic oxidation sites excluding steroid dienone is 2. The quantitative estimate of drug-likeness (QED) is 0.790. The van der Waals surface area contributed by atoms with Crippen LogP contribution in [0.25, 0.3) is 0 Å². The van der Waals surface area contributed by atoms with Crippen LogP contribution >= 0.6 is 0 Å². The average molecular weight is 320 g/mol. The van der Waals surface area contributed by atoms with E-state index in [2.05, 4.69) is 13.0 Å². The number of sulfone groups is 1. The summed E-state index contributed by atoms with van der Waals surface area (Å²) in [6.45, 7) is 2.85. The van der Waals surface area contributed by atoms with Crippen molar-refractivity contribution in [3.05, 3.63) is 42.0 Å². The summed E-state index contributed by atoms with van der Waals surface area (Å²) in [6.07, 6.45) is 7.01. The van der Waals surface area contributed by atoms with Crippen molar-refractivity contribution in [2.45, 2.75) is 61.2 Å². The van der Waals surface area contributed by atoms with Crippen LogP contribution in [0.15, 0.2) is 46.9 Å². The van der Waals surface area contributed by atoms with E-state index in [1.165, 1.54) is 5.57 Å². The van der Waals surface area contributed by atoms with Gasteiger partial charge in [-0.05, 0) is 57.6 Å². The molecule has 0 amide bonds. The summed E-state index contributed by atoms with van der Waals surface area (Å²) >= 11 is 0. The Morgan fingerprint density at radius 1 is 1.27 bits per heavy atom. The Bertz CT molecular complexity index is 642. The molecule has 1 heterocycles. The number of rotatable bonds is 4. The molecular weight excluding hydrogens is 296 g/mol. The molecule has 1 aliphatic carbocycles. The monoisotopic (exact) mass is 320 g/mol. The zero-order valence-electron chi connectivity index (χ0n) is 13.1. The van der Waals surface area contributed by atoms with Crippen molar-refractivity contribution >= 4 is 9.84 Å². The van der Waals surface area contributed by atoms with E-state index in [1.807, 2.05) is 6.07 Å². The Morgan fingerprint density at radius 3 is 2.64 bits per heavy atom. The van der Waals surface area contributed by atoms with Crippen LogP contribution in [0.5, 0.6) is 0 Å². The second kappa shape index (κ2) is 6.17. The first kappa shape index (κ1) is 15.8. The van der Waals surface area contributed by atoms with Crippen LogP contribution in [-0.4, -0.2) is 25.9 Å². The summed E-state index contributed by atoms with van der Waals surface area (Å²) in [4.78, 5) is 0.445. The third-order valence-electron chi connectivity index (χ3n) is 5.04. The lowest BCUT2D eigenvalue weighted by Gasteiger charge is -2.37. The topological polar surface area (TPSA) is 43.4 Å². The van der Waals surface area contributed by atoms with Crippen molar-refractivity contribution in [2.75, 3.05) is 6.61 Å². The van der Waals surface area contributed by atoms with Crippen LogP contribution in [0.2, 0.25) is 0 Å². The molecule has 0 bridgehead atoms. The minimum Gasteiger partial charge on any atom is -0.378 e. The van der Waals surface area contributed by atoms with Crippen LogP contribution < -0.4 is 0 Å². The van der Waals surface area contributed by atoms with Gasteiger partial charge in [-0.3, -0.25) is 0 Å². The Balaban J connectivity index is 1.98. The highest BCUT2D eigenvalue weighted by molar-refractivity contribution is 7.92. The van der Waals surface area contributed by atoms with Gasteiger partial charge in [-0.15, -0.1) is 0 Å². The van der Waals surface area contributed by atoms with Gasteiger partial charge >= 0.3 is 0 Å². The van der Waals surface area contributed by atoms with Crippen LogP contribution in [0.1, 0.15) is 45.4 Å². The van der Waals surface area contributed by atoms with E-state index in [1.54, 1.807) is 24.3 Å². The highest BCUT2D eigenvalue weighted by Crippen LogP contribution is 2.43. The highest BCUT2D eigenvalue weighted by Gasteiger charge is 2.46. The molecule has 1 aromatic rings. The summed E-state index contributed by atoms with van der Waals surface area (Å²) in [5.74, 6) is 0. The van der Waals surface area contributed by atoms with Gasteiger partial charge in [-0.25, -0.2) is 8.42 Å². The van der Waals surface area contributed by atoms with Crippen LogP contribution in [0.4, 0.5) is 0 Å². The molecule has 1 fully saturated rings. The summed E-state index contributed by atoms with van der Waals surface area (Å²) < 4.78 is 31.7. The Labute approximate surface area is 133 Å². The predicted octanol–water partition coefficient (Wildman–Crippen LogP) is 3.90. The summed E-state index contributed by atoms with van der Waals surface area (Å²) in [7, 11) is -3.36. The maximum Gasteiger partial charge on any atom is 0.184 e. The second-order valence-corrected chi connectivity index (χ2v) is 8.94. The predicted molar refractivity (Wildman–Crippen MR) is 87.6 cm³/mol. The first-order chi connectivity index (χ1) is 10.5. The van der Waals surface area contributed by atoms with E-state index < -0.39 is 14.6 Å². The molecule has 3 nitrogen and oxygen atoms in total. The molecule has 0 N–H and O–H groups in total. The molecule has 1 aromatic carbocycles. The van der Waals surface area contributed by atoms with Crippen molar-refractivity contribution in [2.24, 2.45) is 0 Å². The summed E-state index contributed by atoms with van der Waals surface area (Å²) in [5.41, 5.74) is 1.30. The van der Waals surface area contributed by atoms with Gasteiger partial charge in [0.1, 0.15) is 0 Å². The van der Waals surface area contributed by atoms with Gasteiger partial charge < -0.3 is 4.74 Å². The minimum absolute atomic E-state index is 0.0882. The third kappa shape index (κ3) is 2.86. The molecular formula is C18H24O3S. The normalized spacial score (nSPS) is 29.3. The van der Waals surface area contributed by atoms with E-state index in [-0.39, 0.29) is 6.10 Å². The fourth-order valence-corrected chi connectivity index (χ4v) is 5.69. The molecule has 120 valence electrons. The lowest BCUT2D eigenvalue weighted by molar-refractivity contribution is 0.0917. The number of hydrogen-bond acceptors (Lipinski definition) is 3. The lowest BCUT2D eigenvalue weighted by Crippen LogP contribution is -2.43. The molecule has 22 heavy (non-hydrogen) atoms. The van der Waals surface area contributed by atoms with Crippen molar-refractivity contribution in [3.63, 3.8) is 0 Å². The van der Waals surface area contributed by atoms with E-state index in [0.717, 1.165) is 25.9 Å². The third-order valence-corrected chi connectivity index (χ3v) is 7.62. The Hall–Kier alpha value is -1.13. The van der Waals surface area contributed by atoms with Gasteiger partial charge in [0.25, 0.3) is 0 Å². The van der Waals surface area contributed by atoms with Gasteiger partial charge in [-0.1, -0.05) is 29.8 Å². The fourth-order valence-electron chi connectivity index (χ4n) is 3.60. The van der Waals surface area contributed by atoms with Crippen LogP contribution in [0.3, 0.4) is 0 Å². The largest absolute Gasteiger partial charge is 0.378 e. The van der Waals surface area contributed by atoms with Crippen LogP contribution in [0, 0.1) is 0 Å². The summed E-state index contributed by atoms with van der Waals surface area (Å²) in [6, 6.07) is 8.90. The van der Waals surface area contributed by atoms with Crippen LogP contribution in [-0.2, 0) is 14.6 Å². The molecule has 4 heteroatoms. The minimum atomic E-state index is -3.36. The van der Waals surface area contributed by atoms with Gasteiger partial charge in [0.05, 0.1) is 15.7 Å². The maximum atomic E-state index is 13.3. The van der Waals surface area contributed by atoms with E-state index in [4.69, 9.17) is 4.74 Å². The molecule has 2 aliphatic rings. The number of hydrogen-bond donors (Lipinski definition) is 0. The zero-order valence-corrected chi connectivity index (χ0v) is 13.9. The maximum absolute atomic E-state index is 13.3. The smallest absolute Gasteiger partial charge is 0.184 e. The van der Waals surface area contributed by atoms with Gasteiger partial charge in [0, 0.05) is 6.61 Å². The highest BCUT2D eigenvalue weighted by atomic mass is 32.2. The van der Waals surface area contributed by atoms with Crippen molar-refractivity contribution in [1.82, 2.24) is 0 Å². The Kier molecular flexibility index (Phi) is 4.42. The summed E-state index contributed by atoms with van der Waals surface area (Å²) in [5, 5.41) is 0. The number of ether oxygens (including phenoxy) is 1. The van der Waals surface area contributed by atoms with Gasteiger partial charge in [0.2, 0.25) is 0 Å². The van der Waals surface area contributed by atoms with Gasteiger partial charge in [0.15, 0.2) is 9.84 Å². The first-order valence-corrected chi connectivity index (χ1v) is 9.59. The zero-order chi connectivity index (χ0) is 15.6. The fraction of sp³-hybridized carbons (Fsp3) is 0.556.